The SMILES string of the molecule is Cl.NCc1ccsc1I. The zero-order valence-electron chi connectivity index (χ0n) is 4.63. The molecule has 0 aliphatic rings. The number of thiophene rings is 1. The van der Waals surface area contributed by atoms with Crippen LogP contribution in [0, 0.1) is 2.88 Å². The number of hydrogen-bond donors (Lipinski definition) is 1. The Bertz CT molecular complexity index is 177. The second-order valence-electron chi connectivity index (χ2n) is 1.42. The molecule has 0 aliphatic carbocycles. The summed E-state index contributed by atoms with van der Waals surface area (Å²) in [5, 5.41) is 2.06. The largest absolute Gasteiger partial charge is 0.326 e. The lowest BCUT2D eigenvalue weighted by Gasteiger charge is -1.86. The molecule has 2 N–H and O–H groups in total. The standard InChI is InChI=1S/C5H6INS.ClH/c6-5-4(3-7)1-2-8-5;/h1-2H,3,7H2;1H. The van der Waals surface area contributed by atoms with Crippen molar-refractivity contribution in [1.29, 1.82) is 0 Å². The molecule has 0 radical (unpaired) electrons. The van der Waals surface area contributed by atoms with Crippen molar-refractivity contribution in [1.82, 2.24) is 0 Å². The normalized spacial score (nSPS) is 8.67. The molecule has 52 valence electrons. The van der Waals surface area contributed by atoms with Crippen molar-refractivity contribution in [2.75, 3.05) is 0 Å². The van der Waals surface area contributed by atoms with Crippen LogP contribution in [-0.2, 0) is 6.54 Å². The summed E-state index contributed by atoms with van der Waals surface area (Å²) in [4.78, 5) is 0. The Hall–Kier alpha value is 0.680. The van der Waals surface area contributed by atoms with Gasteiger partial charge in [-0.15, -0.1) is 23.7 Å². The number of nitrogens with two attached hydrogens (primary N) is 1. The van der Waals surface area contributed by atoms with Crippen LogP contribution >= 0.6 is 46.3 Å². The highest BCUT2D eigenvalue weighted by Crippen LogP contribution is 2.17. The molecule has 0 unspecified atom stereocenters. The van der Waals surface area contributed by atoms with Crippen LogP contribution in [0.4, 0.5) is 0 Å². The number of hydrogen-bond acceptors (Lipinski definition) is 2. The van der Waals surface area contributed by atoms with Gasteiger partial charge in [0.25, 0.3) is 0 Å². The van der Waals surface area contributed by atoms with Crippen molar-refractivity contribution in [2.45, 2.75) is 6.54 Å². The summed E-state index contributed by atoms with van der Waals surface area (Å²) >= 11 is 4.03. The van der Waals surface area contributed by atoms with E-state index in [1.54, 1.807) is 11.3 Å². The van der Waals surface area contributed by atoms with Crippen LogP contribution in [0.2, 0.25) is 0 Å². The Kier molecular flexibility index (Phi) is 4.83. The maximum Gasteiger partial charge on any atom is 0.0698 e. The second-order valence-corrected chi connectivity index (χ2v) is 4.15. The molecule has 1 aromatic heterocycles. The minimum absolute atomic E-state index is 0. The fourth-order valence-electron chi connectivity index (χ4n) is 0.465. The van der Waals surface area contributed by atoms with E-state index in [1.807, 2.05) is 0 Å². The molecule has 0 aromatic carbocycles. The molecule has 0 atom stereocenters. The van der Waals surface area contributed by atoms with Crippen molar-refractivity contribution < 1.29 is 0 Å². The topological polar surface area (TPSA) is 26.0 Å². The van der Waals surface area contributed by atoms with Gasteiger partial charge in [0.2, 0.25) is 0 Å². The first-order valence-electron chi connectivity index (χ1n) is 2.26. The molecule has 0 spiro atoms. The van der Waals surface area contributed by atoms with Crippen molar-refractivity contribution in [3.63, 3.8) is 0 Å². The monoisotopic (exact) mass is 275 g/mol. The lowest BCUT2D eigenvalue weighted by molar-refractivity contribution is 1.07. The average molecular weight is 276 g/mol. The first-order chi connectivity index (χ1) is 3.84. The lowest BCUT2D eigenvalue weighted by Crippen LogP contribution is -1.94. The molecular weight excluding hydrogens is 268 g/mol. The maximum atomic E-state index is 5.40. The van der Waals surface area contributed by atoms with Crippen molar-refractivity contribution in [3.05, 3.63) is 19.9 Å². The van der Waals surface area contributed by atoms with Gasteiger partial charge in [-0.05, 0) is 39.6 Å². The van der Waals surface area contributed by atoms with Crippen LogP contribution in [0.1, 0.15) is 5.56 Å². The fourth-order valence-corrected chi connectivity index (χ4v) is 1.96. The molecule has 0 saturated carbocycles. The van der Waals surface area contributed by atoms with E-state index in [9.17, 15) is 0 Å². The van der Waals surface area contributed by atoms with Gasteiger partial charge >= 0.3 is 0 Å². The van der Waals surface area contributed by atoms with Gasteiger partial charge in [0.05, 0.1) is 2.88 Å². The predicted octanol–water partition coefficient (Wildman–Crippen LogP) is 2.23. The highest BCUT2D eigenvalue weighted by Gasteiger charge is 1.94. The summed E-state index contributed by atoms with van der Waals surface area (Å²) in [7, 11) is 0. The van der Waals surface area contributed by atoms with Gasteiger partial charge in [-0.25, -0.2) is 0 Å². The molecule has 1 aromatic rings. The molecule has 0 fully saturated rings. The summed E-state index contributed by atoms with van der Waals surface area (Å²) in [6.07, 6.45) is 0. The van der Waals surface area contributed by atoms with Crippen LogP contribution in [0.25, 0.3) is 0 Å². The zero-order chi connectivity index (χ0) is 5.98. The highest BCUT2D eigenvalue weighted by molar-refractivity contribution is 14.1. The molecular formula is C5H7ClINS. The van der Waals surface area contributed by atoms with Gasteiger partial charge < -0.3 is 5.73 Å². The third-order valence-electron chi connectivity index (χ3n) is 0.913. The molecule has 0 bridgehead atoms. The van der Waals surface area contributed by atoms with E-state index in [0.29, 0.717) is 6.54 Å². The van der Waals surface area contributed by atoms with E-state index in [0.717, 1.165) is 0 Å². The van der Waals surface area contributed by atoms with Gasteiger partial charge in [-0.2, -0.15) is 0 Å². The van der Waals surface area contributed by atoms with Gasteiger partial charge in [-0.3, -0.25) is 0 Å². The third kappa shape index (κ3) is 2.41. The highest BCUT2D eigenvalue weighted by atomic mass is 127. The van der Waals surface area contributed by atoms with E-state index in [-0.39, 0.29) is 12.4 Å². The summed E-state index contributed by atoms with van der Waals surface area (Å²) < 4.78 is 1.31. The van der Waals surface area contributed by atoms with Crippen molar-refractivity contribution in [2.24, 2.45) is 5.73 Å². The number of halogens is 2. The van der Waals surface area contributed by atoms with Crippen molar-refractivity contribution in [3.8, 4) is 0 Å². The molecule has 1 heterocycles. The molecule has 4 heteroatoms. The Morgan fingerprint density at radius 3 is 2.56 bits per heavy atom. The predicted molar refractivity (Wildman–Crippen MR) is 52.2 cm³/mol. The molecule has 0 saturated heterocycles. The lowest BCUT2D eigenvalue weighted by atomic mass is 10.4. The maximum absolute atomic E-state index is 5.40. The van der Waals surface area contributed by atoms with Gasteiger partial charge in [0.1, 0.15) is 0 Å². The Morgan fingerprint density at radius 1 is 1.67 bits per heavy atom. The minimum Gasteiger partial charge on any atom is -0.326 e. The smallest absolute Gasteiger partial charge is 0.0698 e. The molecule has 0 aliphatic heterocycles. The van der Waals surface area contributed by atoms with Crippen LogP contribution in [0.15, 0.2) is 11.4 Å². The molecule has 9 heavy (non-hydrogen) atoms. The summed E-state index contributed by atoms with van der Waals surface area (Å²) in [6.45, 7) is 0.668. The van der Waals surface area contributed by atoms with E-state index in [2.05, 4.69) is 34.0 Å². The van der Waals surface area contributed by atoms with Crippen LogP contribution in [0.3, 0.4) is 0 Å². The van der Waals surface area contributed by atoms with Gasteiger partial charge in [0, 0.05) is 6.54 Å². The Balaban J connectivity index is 0.000000640. The summed E-state index contributed by atoms with van der Waals surface area (Å²) in [6, 6.07) is 2.06. The minimum atomic E-state index is 0. The average Bonchev–Trinajstić information content (AvgIpc) is 2.14. The van der Waals surface area contributed by atoms with E-state index in [1.165, 1.54) is 8.45 Å². The molecule has 1 rings (SSSR count). The molecule has 1 nitrogen and oxygen atoms in total. The number of rotatable bonds is 1. The van der Waals surface area contributed by atoms with Crippen LogP contribution in [0.5, 0.6) is 0 Å². The summed E-state index contributed by atoms with van der Waals surface area (Å²) in [5.74, 6) is 0. The van der Waals surface area contributed by atoms with Crippen molar-refractivity contribution >= 4 is 46.3 Å². The van der Waals surface area contributed by atoms with E-state index < -0.39 is 0 Å². The zero-order valence-corrected chi connectivity index (χ0v) is 8.42. The Labute approximate surface area is 78.2 Å². The first kappa shape index (κ1) is 9.68. The van der Waals surface area contributed by atoms with Crippen LogP contribution in [-0.4, -0.2) is 0 Å². The van der Waals surface area contributed by atoms with Gasteiger partial charge in [-0.1, -0.05) is 0 Å². The van der Waals surface area contributed by atoms with Gasteiger partial charge in [0.15, 0.2) is 0 Å². The quantitative estimate of drug-likeness (QED) is 0.782. The van der Waals surface area contributed by atoms with Crippen LogP contribution < -0.4 is 5.73 Å². The molecule has 0 amide bonds. The Morgan fingerprint density at radius 2 is 2.33 bits per heavy atom. The third-order valence-corrected chi connectivity index (χ3v) is 3.11. The van der Waals surface area contributed by atoms with E-state index >= 15 is 0 Å². The fraction of sp³-hybridized carbons (Fsp3) is 0.200. The summed E-state index contributed by atoms with van der Waals surface area (Å²) in [5.41, 5.74) is 6.66. The van der Waals surface area contributed by atoms with E-state index in [4.69, 9.17) is 5.73 Å². The first-order valence-corrected chi connectivity index (χ1v) is 4.22. The second kappa shape index (κ2) is 4.49.